The summed E-state index contributed by atoms with van der Waals surface area (Å²) < 4.78 is 5.58. The first-order chi connectivity index (χ1) is 8.95. The number of hydrogen-bond donors (Lipinski definition) is 2. The Bertz CT molecular complexity index is 644. The van der Waals surface area contributed by atoms with Crippen molar-refractivity contribution in [3.05, 3.63) is 51.6 Å². The molecule has 2 rings (SSSR count). The van der Waals surface area contributed by atoms with Gasteiger partial charge in [0.1, 0.15) is 11.6 Å². The second-order valence-corrected chi connectivity index (χ2v) is 4.74. The molecular formula is C13H11Cl2N3O. The molecule has 0 radical (unpaired) electrons. The van der Waals surface area contributed by atoms with Crippen LogP contribution in [0.1, 0.15) is 11.3 Å². The third-order valence-electron chi connectivity index (χ3n) is 2.35. The fourth-order valence-corrected chi connectivity index (χ4v) is 1.80. The molecule has 0 bridgehead atoms. The first-order valence-electron chi connectivity index (χ1n) is 5.41. The highest BCUT2D eigenvalue weighted by Crippen LogP contribution is 2.29. The third kappa shape index (κ3) is 3.36. The Morgan fingerprint density at radius 3 is 2.58 bits per heavy atom. The average Bonchev–Trinajstić information content (AvgIpc) is 2.33. The Morgan fingerprint density at radius 1 is 1.21 bits per heavy atom. The van der Waals surface area contributed by atoms with E-state index in [4.69, 9.17) is 39.1 Å². The van der Waals surface area contributed by atoms with Gasteiger partial charge in [-0.1, -0.05) is 23.2 Å². The van der Waals surface area contributed by atoms with Crippen LogP contribution in [-0.2, 0) is 0 Å². The van der Waals surface area contributed by atoms with E-state index in [2.05, 4.69) is 4.98 Å². The third-order valence-corrected chi connectivity index (χ3v) is 3.09. The molecule has 19 heavy (non-hydrogen) atoms. The van der Waals surface area contributed by atoms with Gasteiger partial charge < -0.3 is 10.5 Å². The van der Waals surface area contributed by atoms with Crippen molar-refractivity contribution in [1.29, 1.82) is 5.41 Å². The van der Waals surface area contributed by atoms with Crippen LogP contribution in [0.4, 0.5) is 0 Å². The summed E-state index contributed by atoms with van der Waals surface area (Å²) in [5.41, 5.74) is 6.72. The average molecular weight is 296 g/mol. The van der Waals surface area contributed by atoms with Crippen molar-refractivity contribution in [3.8, 4) is 11.6 Å². The monoisotopic (exact) mass is 295 g/mol. The molecule has 0 saturated heterocycles. The van der Waals surface area contributed by atoms with Crippen LogP contribution in [0.2, 0.25) is 10.0 Å². The number of aromatic nitrogens is 1. The Hall–Kier alpha value is -1.78. The molecule has 0 spiro atoms. The zero-order valence-electron chi connectivity index (χ0n) is 10.1. The number of rotatable bonds is 3. The number of nitrogens with two attached hydrogens (primary N) is 1. The van der Waals surface area contributed by atoms with Crippen molar-refractivity contribution in [1.82, 2.24) is 4.98 Å². The van der Waals surface area contributed by atoms with E-state index in [1.807, 2.05) is 0 Å². The summed E-state index contributed by atoms with van der Waals surface area (Å²) in [5, 5.41) is 8.28. The number of pyridine rings is 1. The van der Waals surface area contributed by atoms with Crippen LogP contribution >= 0.6 is 23.2 Å². The predicted octanol–water partition coefficient (Wildman–Crippen LogP) is 3.77. The topological polar surface area (TPSA) is 72.0 Å². The molecule has 0 fully saturated rings. The number of nitrogen functional groups attached to an aromatic ring is 1. The molecule has 98 valence electrons. The van der Waals surface area contributed by atoms with Crippen LogP contribution in [0.3, 0.4) is 0 Å². The van der Waals surface area contributed by atoms with Crippen LogP contribution in [0, 0.1) is 12.3 Å². The quantitative estimate of drug-likeness (QED) is 0.669. The van der Waals surface area contributed by atoms with E-state index in [9.17, 15) is 0 Å². The standard InChI is InChI=1S/C13H11Cl2N3O/c1-7-4-8(13(16)17)5-12(18-7)19-9-2-3-10(14)11(15)6-9/h2-6H,1H3,(H3,16,17). The maximum absolute atomic E-state index is 7.43. The molecule has 0 saturated carbocycles. The molecule has 1 heterocycles. The molecule has 1 aromatic carbocycles. The highest BCUT2D eigenvalue weighted by atomic mass is 35.5. The van der Waals surface area contributed by atoms with E-state index in [1.165, 1.54) is 0 Å². The van der Waals surface area contributed by atoms with E-state index in [1.54, 1.807) is 37.3 Å². The minimum Gasteiger partial charge on any atom is -0.439 e. The number of hydrogen-bond acceptors (Lipinski definition) is 3. The van der Waals surface area contributed by atoms with Crippen LogP contribution in [0.15, 0.2) is 30.3 Å². The van der Waals surface area contributed by atoms with Crippen LogP contribution < -0.4 is 10.5 Å². The maximum Gasteiger partial charge on any atom is 0.220 e. The summed E-state index contributed by atoms with van der Waals surface area (Å²) in [5.74, 6) is 0.829. The maximum atomic E-state index is 7.43. The van der Waals surface area contributed by atoms with Crippen molar-refractivity contribution < 1.29 is 4.74 Å². The van der Waals surface area contributed by atoms with E-state index in [0.717, 1.165) is 0 Å². The van der Waals surface area contributed by atoms with Crippen molar-refractivity contribution in [2.45, 2.75) is 6.92 Å². The van der Waals surface area contributed by atoms with Crippen LogP contribution in [0.5, 0.6) is 11.6 Å². The van der Waals surface area contributed by atoms with Gasteiger partial charge in [-0.25, -0.2) is 4.98 Å². The van der Waals surface area contributed by atoms with Gasteiger partial charge in [0.2, 0.25) is 5.88 Å². The number of ether oxygens (including phenoxy) is 1. The van der Waals surface area contributed by atoms with Gasteiger partial charge in [-0.3, -0.25) is 5.41 Å². The van der Waals surface area contributed by atoms with E-state index >= 15 is 0 Å². The Morgan fingerprint density at radius 2 is 1.95 bits per heavy atom. The van der Waals surface area contributed by atoms with Gasteiger partial charge in [0.15, 0.2) is 0 Å². The van der Waals surface area contributed by atoms with E-state index in [-0.39, 0.29) is 5.84 Å². The summed E-state index contributed by atoms with van der Waals surface area (Å²) in [6, 6.07) is 8.23. The molecule has 4 nitrogen and oxygen atoms in total. The number of nitrogens with zero attached hydrogens (tertiary/aromatic N) is 1. The van der Waals surface area contributed by atoms with Gasteiger partial charge in [-0.15, -0.1) is 0 Å². The molecule has 2 aromatic rings. The van der Waals surface area contributed by atoms with E-state index in [0.29, 0.717) is 32.9 Å². The van der Waals surface area contributed by atoms with E-state index < -0.39 is 0 Å². The summed E-state index contributed by atoms with van der Waals surface area (Å²) in [7, 11) is 0. The highest BCUT2D eigenvalue weighted by molar-refractivity contribution is 6.42. The minimum atomic E-state index is -0.0375. The Kier molecular flexibility index (Phi) is 3.93. The van der Waals surface area contributed by atoms with Crippen LogP contribution in [-0.4, -0.2) is 10.8 Å². The molecule has 1 aromatic heterocycles. The van der Waals surface area contributed by atoms with Gasteiger partial charge >= 0.3 is 0 Å². The SMILES string of the molecule is Cc1cc(C(=N)N)cc(Oc2ccc(Cl)c(Cl)c2)n1. The lowest BCUT2D eigenvalue weighted by Gasteiger charge is -2.08. The van der Waals surface area contributed by atoms with Gasteiger partial charge in [0.05, 0.1) is 10.0 Å². The zero-order valence-corrected chi connectivity index (χ0v) is 11.6. The molecule has 0 amide bonds. The number of amidine groups is 1. The second-order valence-electron chi connectivity index (χ2n) is 3.93. The lowest BCUT2D eigenvalue weighted by molar-refractivity contribution is 0.461. The van der Waals surface area contributed by atoms with Crippen molar-refractivity contribution in [2.75, 3.05) is 0 Å². The number of halogens is 2. The van der Waals surface area contributed by atoms with Crippen molar-refractivity contribution >= 4 is 29.0 Å². The van der Waals surface area contributed by atoms with Gasteiger partial charge in [0.25, 0.3) is 0 Å². The highest BCUT2D eigenvalue weighted by Gasteiger charge is 2.06. The number of benzene rings is 1. The van der Waals surface area contributed by atoms with Gasteiger partial charge in [-0.2, -0.15) is 0 Å². The zero-order chi connectivity index (χ0) is 14.0. The molecular weight excluding hydrogens is 285 g/mol. The first-order valence-corrected chi connectivity index (χ1v) is 6.17. The number of aryl methyl sites for hydroxylation is 1. The van der Waals surface area contributed by atoms with Crippen molar-refractivity contribution in [3.63, 3.8) is 0 Å². The molecule has 0 unspecified atom stereocenters. The summed E-state index contributed by atoms with van der Waals surface area (Å²) in [6.07, 6.45) is 0. The Balaban J connectivity index is 2.32. The minimum absolute atomic E-state index is 0.0375. The Labute approximate surface area is 120 Å². The largest absolute Gasteiger partial charge is 0.439 e. The predicted molar refractivity (Wildman–Crippen MR) is 76.5 cm³/mol. The summed E-state index contributed by atoms with van der Waals surface area (Å²) in [6.45, 7) is 1.80. The molecule has 0 atom stereocenters. The molecule has 3 N–H and O–H groups in total. The smallest absolute Gasteiger partial charge is 0.220 e. The molecule has 0 aliphatic carbocycles. The summed E-state index contributed by atoms with van der Waals surface area (Å²) >= 11 is 11.7. The lowest BCUT2D eigenvalue weighted by Crippen LogP contribution is -2.11. The fourth-order valence-electron chi connectivity index (χ4n) is 1.51. The van der Waals surface area contributed by atoms with Gasteiger partial charge in [-0.05, 0) is 25.1 Å². The lowest BCUT2D eigenvalue weighted by atomic mass is 10.2. The summed E-state index contributed by atoms with van der Waals surface area (Å²) in [4.78, 5) is 4.21. The normalized spacial score (nSPS) is 10.3. The number of nitrogens with one attached hydrogen (secondary N) is 1. The molecule has 0 aliphatic heterocycles. The van der Waals surface area contributed by atoms with Gasteiger partial charge in [0, 0.05) is 23.4 Å². The fraction of sp³-hybridized carbons (Fsp3) is 0.0769. The first kappa shape index (κ1) is 13.6. The van der Waals surface area contributed by atoms with Crippen LogP contribution in [0.25, 0.3) is 0 Å². The molecule has 0 aliphatic rings. The molecule has 6 heteroatoms. The second kappa shape index (κ2) is 5.47. The van der Waals surface area contributed by atoms with Crippen molar-refractivity contribution in [2.24, 2.45) is 5.73 Å².